The van der Waals surface area contributed by atoms with Gasteiger partial charge in [0.05, 0.1) is 6.61 Å². The maximum Gasteiger partial charge on any atom is 0.188 e. The third-order valence-corrected chi connectivity index (χ3v) is 2.57. The normalized spacial score (nSPS) is 15.4. The molecule has 1 aliphatic rings. The lowest BCUT2D eigenvalue weighted by molar-refractivity contribution is 0.0663. The molecule has 0 saturated carbocycles. The van der Waals surface area contributed by atoms with E-state index in [0.717, 1.165) is 24.0 Å². The van der Waals surface area contributed by atoms with Crippen molar-refractivity contribution < 1.29 is 9.53 Å². The molecule has 0 amide bonds. The fourth-order valence-corrected chi connectivity index (χ4v) is 1.89. The number of rotatable bonds is 2. The zero-order chi connectivity index (χ0) is 9.97. The van der Waals surface area contributed by atoms with E-state index in [4.69, 9.17) is 4.74 Å². The van der Waals surface area contributed by atoms with Gasteiger partial charge >= 0.3 is 0 Å². The summed E-state index contributed by atoms with van der Waals surface area (Å²) in [6, 6.07) is 5.96. The Morgan fingerprint density at radius 3 is 3.00 bits per heavy atom. The summed E-state index contributed by atoms with van der Waals surface area (Å²) in [7, 11) is 0. The molecule has 0 unspecified atom stereocenters. The highest BCUT2D eigenvalue weighted by Crippen LogP contribution is 2.21. The fourth-order valence-electron chi connectivity index (χ4n) is 1.89. The van der Waals surface area contributed by atoms with Crippen LogP contribution >= 0.6 is 0 Å². The van der Waals surface area contributed by atoms with Crippen molar-refractivity contribution >= 4 is 5.78 Å². The van der Waals surface area contributed by atoms with Crippen LogP contribution in [0.25, 0.3) is 0 Å². The maximum absolute atomic E-state index is 11.5. The number of aryl methyl sites for hydroxylation is 1. The summed E-state index contributed by atoms with van der Waals surface area (Å²) in [4.78, 5) is 11.5. The van der Waals surface area contributed by atoms with Crippen molar-refractivity contribution in [1.29, 1.82) is 0 Å². The van der Waals surface area contributed by atoms with Crippen LogP contribution in [0.1, 0.15) is 34.8 Å². The lowest BCUT2D eigenvalue weighted by Crippen LogP contribution is -2.19. The van der Waals surface area contributed by atoms with E-state index in [-0.39, 0.29) is 12.4 Å². The van der Waals surface area contributed by atoms with E-state index in [1.165, 1.54) is 5.56 Å². The Bertz CT molecular complexity index is 355. The van der Waals surface area contributed by atoms with Gasteiger partial charge in [0.25, 0.3) is 0 Å². The van der Waals surface area contributed by atoms with Gasteiger partial charge in [-0.2, -0.15) is 0 Å². The fraction of sp³-hybridized carbons (Fsp3) is 0.417. The van der Waals surface area contributed by atoms with Crippen molar-refractivity contribution in [3.05, 3.63) is 34.9 Å². The third-order valence-electron chi connectivity index (χ3n) is 2.57. The molecule has 0 spiro atoms. The Balaban J connectivity index is 2.44. The molecule has 0 bridgehead atoms. The lowest BCUT2D eigenvalue weighted by Gasteiger charge is -2.18. The van der Waals surface area contributed by atoms with Gasteiger partial charge in [-0.05, 0) is 17.5 Å². The Kier molecular flexibility index (Phi) is 2.64. The molecular formula is C12H14O2. The van der Waals surface area contributed by atoms with Gasteiger partial charge in [0.15, 0.2) is 5.78 Å². The second-order valence-corrected chi connectivity index (χ2v) is 3.61. The first kappa shape index (κ1) is 9.41. The van der Waals surface area contributed by atoms with E-state index in [1.54, 1.807) is 0 Å². The molecule has 0 aromatic heterocycles. The first-order valence-corrected chi connectivity index (χ1v) is 5.04. The SMILES string of the molecule is CCCc1cccc2c1COCC2=O. The topological polar surface area (TPSA) is 26.3 Å². The maximum atomic E-state index is 11.5. The average Bonchev–Trinajstić information content (AvgIpc) is 2.20. The molecule has 1 aliphatic heterocycles. The van der Waals surface area contributed by atoms with Crippen LogP contribution in [-0.2, 0) is 17.8 Å². The number of hydrogen-bond donors (Lipinski definition) is 0. The Morgan fingerprint density at radius 2 is 2.21 bits per heavy atom. The molecule has 2 heteroatoms. The molecule has 0 atom stereocenters. The van der Waals surface area contributed by atoms with Crippen molar-refractivity contribution in [2.24, 2.45) is 0 Å². The molecule has 0 N–H and O–H groups in total. The number of carbonyl (C=O) groups excluding carboxylic acids is 1. The minimum atomic E-state index is 0.115. The number of fused-ring (bicyclic) bond motifs is 1. The summed E-state index contributed by atoms with van der Waals surface area (Å²) in [5, 5.41) is 0. The molecule has 74 valence electrons. The van der Waals surface area contributed by atoms with Gasteiger partial charge in [0.1, 0.15) is 6.61 Å². The smallest absolute Gasteiger partial charge is 0.188 e. The van der Waals surface area contributed by atoms with Crippen LogP contribution in [0.3, 0.4) is 0 Å². The van der Waals surface area contributed by atoms with E-state index in [1.807, 2.05) is 12.1 Å². The predicted octanol–water partition coefficient (Wildman–Crippen LogP) is 2.35. The standard InChI is InChI=1S/C12H14O2/c1-2-4-9-5-3-6-10-11(9)7-14-8-12(10)13/h3,5-6H,2,4,7-8H2,1H3. The number of carbonyl (C=O) groups is 1. The van der Waals surface area contributed by atoms with Gasteiger partial charge in [0.2, 0.25) is 0 Å². The summed E-state index contributed by atoms with van der Waals surface area (Å²) < 4.78 is 5.25. The second kappa shape index (κ2) is 3.93. The monoisotopic (exact) mass is 190 g/mol. The summed E-state index contributed by atoms with van der Waals surface area (Å²) >= 11 is 0. The zero-order valence-electron chi connectivity index (χ0n) is 8.38. The summed E-state index contributed by atoms with van der Waals surface area (Å²) in [6.45, 7) is 2.98. The Hall–Kier alpha value is -1.15. The largest absolute Gasteiger partial charge is 0.369 e. The van der Waals surface area contributed by atoms with Crippen LogP contribution in [0.15, 0.2) is 18.2 Å². The Morgan fingerprint density at radius 1 is 1.36 bits per heavy atom. The number of benzene rings is 1. The van der Waals surface area contributed by atoms with E-state index >= 15 is 0 Å². The number of Topliss-reactive ketones (excluding diaryl/α,β-unsaturated/α-hetero) is 1. The zero-order valence-corrected chi connectivity index (χ0v) is 8.38. The van der Waals surface area contributed by atoms with Crippen LogP contribution in [0.2, 0.25) is 0 Å². The molecule has 2 rings (SSSR count). The van der Waals surface area contributed by atoms with E-state index in [2.05, 4.69) is 13.0 Å². The molecular weight excluding hydrogens is 176 g/mol. The van der Waals surface area contributed by atoms with Gasteiger partial charge in [0, 0.05) is 5.56 Å². The highest BCUT2D eigenvalue weighted by Gasteiger charge is 2.19. The number of hydrogen-bond acceptors (Lipinski definition) is 2. The molecule has 1 aromatic carbocycles. The van der Waals surface area contributed by atoms with E-state index in [0.29, 0.717) is 6.61 Å². The molecule has 0 radical (unpaired) electrons. The first-order chi connectivity index (χ1) is 6.83. The quantitative estimate of drug-likeness (QED) is 0.715. The average molecular weight is 190 g/mol. The minimum absolute atomic E-state index is 0.115. The van der Waals surface area contributed by atoms with Crippen LogP contribution in [0, 0.1) is 0 Å². The Labute approximate surface area is 83.9 Å². The summed E-state index contributed by atoms with van der Waals surface area (Å²) in [5.74, 6) is 0.115. The minimum Gasteiger partial charge on any atom is -0.369 e. The molecule has 14 heavy (non-hydrogen) atoms. The lowest BCUT2D eigenvalue weighted by atomic mass is 9.95. The van der Waals surface area contributed by atoms with Crippen molar-refractivity contribution in [2.45, 2.75) is 26.4 Å². The van der Waals surface area contributed by atoms with Gasteiger partial charge in [-0.25, -0.2) is 0 Å². The summed E-state index contributed by atoms with van der Waals surface area (Å²) in [6.07, 6.45) is 2.13. The van der Waals surface area contributed by atoms with E-state index in [9.17, 15) is 4.79 Å². The number of ketones is 1. The number of ether oxygens (including phenoxy) is 1. The van der Waals surface area contributed by atoms with Gasteiger partial charge < -0.3 is 4.74 Å². The van der Waals surface area contributed by atoms with Crippen LogP contribution in [0.5, 0.6) is 0 Å². The van der Waals surface area contributed by atoms with Crippen molar-refractivity contribution in [2.75, 3.05) is 6.61 Å². The van der Waals surface area contributed by atoms with Gasteiger partial charge in [-0.1, -0.05) is 31.5 Å². The van der Waals surface area contributed by atoms with Crippen molar-refractivity contribution in [3.8, 4) is 0 Å². The van der Waals surface area contributed by atoms with E-state index < -0.39 is 0 Å². The summed E-state index contributed by atoms with van der Waals surface area (Å²) in [5.41, 5.74) is 3.23. The van der Waals surface area contributed by atoms with Crippen LogP contribution in [0.4, 0.5) is 0 Å². The molecule has 0 aliphatic carbocycles. The van der Waals surface area contributed by atoms with Crippen molar-refractivity contribution in [3.63, 3.8) is 0 Å². The third kappa shape index (κ3) is 1.58. The molecule has 2 nitrogen and oxygen atoms in total. The highest BCUT2D eigenvalue weighted by molar-refractivity contribution is 5.99. The molecule has 1 aromatic rings. The van der Waals surface area contributed by atoms with Crippen LogP contribution in [-0.4, -0.2) is 12.4 Å². The molecule has 0 fully saturated rings. The van der Waals surface area contributed by atoms with Gasteiger partial charge in [-0.15, -0.1) is 0 Å². The van der Waals surface area contributed by atoms with Gasteiger partial charge in [-0.3, -0.25) is 4.79 Å². The predicted molar refractivity (Wildman–Crippen MR) is 54.4 cm³/mol. The molecule has 1 heterocycles. The van der Waals surface area contributed by atoms with Crippen molar-refractivity contribution in [1.82, 2.24) is 0 Å². The second-order valence-electron chi connectivity index (χ2n) is 3.61. The van der Waals surface area contributed by atoms with Crippen LogP contribution < -0.4 is 0 Å². The first-order valence-electron chi connectivity index (χ1n) is 5.04. The highest BCUT2D eigenvalue weighted by atomic mass is 16.5. The molecule has 0 saturated heterocycles.